The van der Waals surface area contributed by atoms with Gasteiger partial charge in [-0.1, -0.05) is 0 Å². The van der Waals surface area contributed by atoms with Crippen molar-refractivity contribution in [3.05, 3.63) is 46.8 Å². The zero-order chi connectivity index (χ0) is 20.4. The number of aryl methyl sites for hydroxylation is 1. The van der Waals surface area contributed by atoms with Crippen molar-refractivity contribution in [3.63, 3.8) is 0 Å². The molecule has 4 rings (SSSR count). The SMILES string of the molecule is Cc1c(C(=O)NN2CCN(C)CC2)oc2c1/C(=N/NC(=O)c1ccco1)CCC2. The van der Waals surface area contributed by atoms with Gasteiger partial charge in [0.1, 0.15) is 5.76 Å². The van der Waals surface area contributed by atoms with Gasteiger partial charge in [-0.2, -0.15) is 5.10 Å². The van der Waals surface area contributed by atoms with Gasteiger partial charge in [-0.15, -0.1) is 0 Å². The molecular formula is C20H25N5O4. The highest BCUT2D eigenvalue weighted by Gasteiger charge is 2.29. The fourth-order valence-corrected chi connectivity index (χ4v) is 3.69. The summed E-state index contributed by atoms with van der Waals surface area (Å²) in [6.07, 6.45) is 3.72. The number of likely N-dealkylation sites (N-methyl/N-ethyl adjacent to an activating group) is 1. The molecule has 9 heteroatoms. The van der Waals surface area contributed by atoms with Crippen LogP contribution < -0.4 is 10.9 Å². The lowest BCUT2D eigenvalue weighted by atomic mass is 9.93. The molecule has 2 aromatic heterocycles. The fourth-order valence-electron chi connectivity index (χ4n) is 3.69. The topological polar surface area (TPSA) is 103 Å². The van der Waals surface area contributed by atoms with Crippen molar-refractivity contribution in [3.8, 4) is 0 Å². The van der Waals surface area contributed by atoms with Gasteiger partial charge >= 0.3 is 11.8 Å². The van der Waals surface area contributed by atoms with Gasteiger partial charge in [-0.3, -0.25) is 15.0 Å². The summed E-state index contributed by atoms with van der Waals surface area (Å²) < 4.78 is 11.0. The quantitative estimate of drug-likeness (QED) is 0.756. The summed E-state index contributed by atoms with van der Waals surface area (Å²) in [6, 6.07) is 3.22. The Bertz CT molecular complexity index is 923. The van der Waals surface area contributed by atoms with Crippen LogP contribution in [-0.4, -0.2) is 60.7 Å². The van der Waals surface area contributed by atoms with E-state index < -0.39 is 5.91 Å². The van der Waals surface area contributed by atoms with E-state index >= 15 is 0 Å². The maximum absolute atomic E-state index is 12.8. The Hall–Kier alpha value is -2.91. The molecule has 29 heavy (non-hydrogen) atoms. The number of hydrogen-bond donors (Lipinski definition) is 2. The van der Waals surface area contributed by atoms with Crippen LogP contribution in [0.2, 0.25) is 0 Å². The molecular weight excluding hydrogens is 374 g/mol. The number of hydrogen-bond acceptors (Lipinski definition) is 7. The average Bonchev–Trinajstić information content (AvgIpc) is 3.37. The first-order chi connectivity index (χ1) is 14.0. The monoisotopic (exact) mass is 399 g/mol. The summed E-state index contributed by atoms with van der Waals surface area (Å²) in [6.45, 7) is 5.21. The predicted molar refractivity (Wildman–Crippen MR) is 106 cm³/mol. The summed E-state index contributed by atoms with van der Waals surface area (Å²) in [4.78, 5) is 27.1. The van der Waals surface area contributed by atoms with E-state index in [0.717, 1.165) is 55.9 Å². The molecule has 2 aliphatic rings. The third-order valence-electron chi connectivity index (χ3n) is 5.33. The van der Waals surface area contributed by atoms with Crippen molar-refractivity contribution >= 4 is 17.5 Å². The van der Waals surface area contributed by atoms with E-state index in [4.69, 9.17) is 8.83 Å². The first-order valence-electron chi connectivity index (χ1n) is 9.80. The average molecular weight is 399 g/mol. The molecule has 0 unspecified atom stereocenters. The number of amides is 2. The van der Waals surface area contributed by atoms with Crippen molar-refractivity contribution in [2.75, 3.05) is 33.2 Å². The zero-order valence-electron chi connectivity index (χ0n) is 16.7. The van der Waals surface area contributed by atoms with Crippen LogP contribution in [0.5, 0.6) is 0 Å². The van der Waals surface area contributed by atoms with Crippen LogP contribution in [0.3, 0.4) is 0 Å². The second-order valence-electron chi connectivity index (χ2n) is 7.42. The Morgan fingerprint density at radius 2 is 1.93 bits per heavy atom. The van der Waals surface area contributed by atoms with Crippen LogP contribution in [0.25, 0.3) is 0 Å². The Morgan fingerprint density at radius 3 is 2.66 bits per heavy atom. The minimum Gasteiger partial charge on any atom is -0.459 e. The van der Waals surface area contributed by atoms with E-state index in [1.54, 1.807) is 12.1 Å². The molecule has 0 aromatic carbocycles. The number of piperazine rings is 1. The van der Waals surface area contributed by atoms with Crippen LogP contribution in [0, 0.1) is 6.92 Å². The van der Waals surface area contributed by atoms with Gasteiger partial charge in [0.25, 0.3) is 0 Å². The maximum Gasteiger partial charge on any atom is 0.307 e. The van der Waals surface area contributed by atoms with Gasteiger partial charge in [0.2, 0.25) is 0 Å². The van der Waals surface area contributed by atoms with Crippen LogP contribution >= 0.6 is 0 Å². The first-order valence-corrected chi connectivity index (χ1v) is 9.80. The molecule has 2 aromatic rings. The number of carbonyl (C=O) groups excluding carboxylic acids is 2. The number of nitrogens with one attached hydrogen (secondary N) is 2. The maximum atomic E-state index is 12.8. The summed E-state index contributed by atoms with van der Waals surface area (Å²) in [5, 5.41) is 6.21. The van der Waals surface area contributed by atoms with Crippen molar-refractivity contribution < 1.29 is 18.4 Å². The summed E-state index contributed by atoms with van der Waals surface area (Å²) >= 11 is 0. The molecule has 1 aliphatic heterocycles. The number of furan rings is 2. The largest absolute Gasteiger partial charge is 0.459 e. The standard InChI is InChI=1S/C20H25N5O4/c1-13-17-14(21-22-19(26)16-7-4-12-28-16)5-3-6-15(17)29-18(13)20(27)23-25-10-8-24(2)9-11-25/h4,7,12H,3,5-6,8-11H2,1-2H3,(H,22,26)(H,23,27)/b21-14+. The van der Waals surface area contributed by atoms with E-state index in [1.807, 2.05) is 11.9 Å². The molecule has 1 aliphatic carbocycles. The van der Waals surface area contributed by atoms with Crippen molar-refractivity contribution in [1.29, 1.82) is 0 Å². The third kappa shape index (κ3) is 4.10. The van der Waals surface area contributed by atoms with Gasteiger partial charge in [-0.25, -0.2) is 10.4 Å². The summed E-state index contributed by atoms with van der Waals surface area (Å²) in [7, 11) is 2.06. The highest BCUT2D eigenvalue weighted by Crippen LogP contribution is 2.30. The number of carbonyl (C=O) groups is 2. The minimum absolute atomic E-state index is 0.196. The normalized spacial score (nSPS) is 19.2. The van der Waals surface area contributed by atoms with E-state index in [-0.39, 0.29) is 11.7 Å². The van der Waals surface area contributed by atoms with Crippen LogP contribution in [0.4, 0.5) is 0 Å². The van der Waals surface area contributed by atoms with Crippen LogP contribution in [0.1, 0.15) is 50.8 Å². The van der Waals surface area contributed by atoms with Crippen molar-refractivity contribution in [1.82, 2.24) is 20.8 Å². The molecule has 0 radical (unpaired) electrons. The highest BCUT2D eigenvalue weighted by molar-refractivity contribution is 6.07. The first kappa shape index (κ1) is 19.4. The molecule has 3 heterocycles. The Balaban J connectivity index is 1.50. The lowest BCUT2D eigenvalue weighted by Gasteiger charge is -2.32. The van der Waals surface area contributed by atoms with E-state index in [2.05, 4.69) is 27.9 Å². The number of rotatable bonds is 4. The number of hydrazine groups is 1. The second-order valence-corrected chi connectivity index (χ2v) is 7.42. The summed E-state index contributed by atoms with van der Waals surface area (Å²) in [5.41, 5.74) is 7.75. The number of nitrogens with zero attached hydrogens (tertiary/aromatic N) is 3. The van der Waals surface area contributed by atoms with E-state index in [1.165, 1.54) is 6.26 Å². The lowest BCUT2D eigenvalue weighted by Crippen LogP contribution is -2.52. The van der Waals surface area contributed by atoms with Crippen molar-refractivity contribution in [2.24, 2.45) is 5.10 Å². The molecule has 9 nitrogen and oxygen atoms in total. The molecule has 154 valence electrons. The molecule has 1 saturated heterocycles. The van der Waals surface area contributed by atoms with Crippen molar-refractivity contribution in [2.45, 2.75) is 26.2 Å². The minimum atomic E-state index is -0.413. The molecule has 2 N–H and O–H groups in total. The molecule has 0 saturated carbocycles. The molecule has 0 atom stereocenters. The Kier molecular flexibility index (Phi) is 5.50. The molecule has 1 fully saturated rings. The molecule has 0 spiro atoms. The van der Waals surface area contributed by atoms with Gasteiger partial charge in [-0.05, 0) is 38.9 Å². The van der Waals surface area contributed by atoms with Gasteiger partial charge in [0.15, 0.2) is 11.5 Å². The van der Waals surface area contributed by atoms with Gasteiger partial charge in [0.05, 0.1) is 12.0 Å². The van der Waals surface area contributed by atoms with E-state index in [9.17, 15) is 9.59 Å². The Morgan fingerprint density at radius 1 is 1.14 bits per heavy atom. The van der Waals surface area contributed by atoms with Gasteiger partial charge < -0.3 is 13.7 Å². The predicted octanol–water partition coefficient (Wildman–Crippen LogP) is 1.54. The lowest BCUT2D eigenvalue weighted by molar-refractivity contribution is 0.0634. The fraction of sp³-hybridized carbons (Fsp3) is 0.450. The second kappa shape index (κ2) is 8.22. The zero-order valence-corrected chi connectivity index (χ0v) is 16.7. The van der Waals surface area contributed by atoms with Gasteiger partial charge in [0, 0.05) is 43.7 Å². The molecule has 2 amide bonds. The Labute approximate surface area is 168 Å². The number of fused-ring (bicyclic) bond motifs is 1. The number of hydrazone groups is 1. The molecule has 0 bridgehead atoms. The van der Waals surface area contributed by atoms with E-state index in [0.29, 0.717) is 17.9 Å². The highest BCUT2D eigenvalue weighted by atomic mass is 16.4. The van der Waals surface area contributed by atoms with Crippen LogP contribution in [0.15, 0.2) is 32.3 Å². The smallest absolute Gasteiger partial charge is 0.307 e. The summed E-state index contributed by atoms with van der Waals surface area (Å²) in [5.74, 6) is 0.579. The third-order valence-corrected chi connectivity index (χ3v) is 5.33. The van der Waals surface area contributed by atoms with Crippen LogP contribution in [-0.2, 0) is 6.42 Å².